The van der Waals surface area contributed by atoms with E-state index in [2.05, 4.69) is 53.7 Å². The average molecular weight is 392 g/mol. The molecule has 0 aliphatic heterocycles. The van der Waals surface area contributed by atoms with Gasteiger partial charge in [-0.3, -0.25) is 0 Å². The van der Waals surface area contributed by atoms with Gasteiger partial charge in [0.1, 0.15) is 0 Å². The van der Waals surface area contributed by atoms with Crippen molar-refractivity contribution in [2.24, 2.45) is 0 Å². The molecule has 1 heterocycles. The van der Waals surface area contributed by atoms with E-state index in [1.54, 1.807) is 20.8 Å². The molecule has 0 fully saturated rings. The van der Waals surface area contributed by atoms with Gasteiger partial charge in [-0.15, -0.1) is 5.69 Å². The van der Waals surface area contributed by atoms with Gasteiger partial charge in [-0.05, 0) is 31.6 Å². The summed E-state index contributed by atoms with van der Waals surface area (Å²) in [6, 6.07) is 4.38. The standard InChI is InChI=1S/C14H24N.3C2H6O.Ti/c1-7-13(3,4)11-9-10-12(15-11)14(5,6)8-2;3*1-2-3;/h9-10H,7-8H2,1-6H3;3*3H,2H2,1H3;/q-1;;;;. The van der Waals surface area contributed by atoms with E-state index in [1.807, 2.05) is 0 Å². The van der Waals surface area contributed by atoms with Gasteiger partial charge in [0.25, 0.3) is 0 Å². The van der Waals surface area contributed by atoms with Crippen LogP contribution in [-0.2, 0) is 32.5 Å². The summed E-state index contributed by atoms with van der Waals surface area (Å²) in [5.74, 6) is 0. The molecule has 1 rings (SSSR count). The largest absolute Gasteiger partial charge is 0.397 e. The molecule has 0 unspecified atom stereocenters. The zero-order valence-electron chi connectivity index (χ0n) is 18.0. The van der Waals surface area contributed by atoms with Crippen molar-refractivity contribution in [1.82, 2.24) is 4.98 Å². The van der Waals surface area contributed by atoms with Crippen LogP contribution in [0.4, 0.5) is 0 Å². The third kappa shape index (κ3) is 15.8. The van der Waals surface area contributed by atoms with Crippen LogP contribution in [0, 0.1) is 0 Å². The molecule has 0 aromatic carbocycles. The SMILES string of the molecule is CCC(C)(C)c1cc[c-](C(C)(C)CC)n1.CCO.CCO.CCO.[Ti]. The van der Waals surface area contributed by atoms with Crippen molar-refractivity contribution in [2.45, 2.75) is 86.0 Å². The molecule has 5 heteroatoms. The predicted octanol–water partition coefficient (Wildman–Crippen LogP) is 4.17. The van der Waals surface area contributed by atoms with E-state index in [0.717, 1.165) is 12.8 Å². The Balaban J connectivity index is -0.000000186. The van der Waals surface area contributed by atoms with E-state index >= 15 is 0 Å². The molecule has 0 aliphatic carbocycles. The fraction of sp³-hybridized carbons (Fsp3) is 0.800. The molecule has 0 amide bonds. The molecule has 25 heavy (non-hydrogen) atoms. The van der Waals surface area contributed by atoms with Gasteiger partial charge < -0.3 is 20.3 Å². The van der Waals surface area contributed by atoms with E-state index in [4.69, 9.17) is 20.3 Å². The van der Waals surface area contributed by atoms with E-state index in [9.17, 15) is 0 Å². The molecular weight excluding hydrogens is 350 g/mol. The number of aliphatic hydroxyl groups excluding tert-OH is 3. The first kappa shape index (κ1) is 32.5. The fourth-order valence-corrected chi connectivity index (χ4v) is 1.48. The van der Waals surface area contributed by atoms with Gasteiger partial charge >= 0.3 is 0 Å². The Kier molecular flexibility index (Phi) is 24.3. The van der Waals surface area contributed by atoms with Crippen LogP contribution < -0.4 is 0 Å². The van der Waals surface area contributed by atoms with Crippen molar-refractivity contribution >= 4 is 0 Å². The maximum atomic E-state index is 7.57. The van der Waals surface area contributed by atoms with Crippen molar-refractivity contribution in [3.63, 3.8) is 0 Å². The maximum absolute atomic E-state index is 7.57. The summed E-state index contributed by atoms with van der Waals surface area (Å²) in [7, 11) is 0. The summed E-state index contributed by atoms with van der Waals surface area (Å²) >= 11 is 0. The number of aliphatic hydroxyl groups is 3. The number of hydrogen-bond acceptors (Lipinski definition) is 4. The van der Waals surface area contributed by atoms with Crippen LogP contribution in [0.2, 0.25) is 0 Å². The van der Waals surface area contributed by atoms with Crippen LogP contribution in [-0.4, -0.2) is 40.1 Å². The minimum absolute atomic E-state index is 0. The molecule has 0 aliphatic rings. The monoisotopic (exact) mass is 392 g/mol. The van der Waals surface area contributed by atoms with Gasteiger partial charge in [-0.1, -0.05) is 60.1 Å². The van der Waals surface area contributed by atoms with Crippen molar-refractivity contribution in [2.75, 3.05) is 19.8 Å². The van der Waals surface area contributed by atoms with Crippen LogP contribution in [0.25, 0.3) is 0 Å². The molecule has 150 valence electrons. The predicted molar refractivity (Wildman–Crippen MR) is 105 cm³/mol. The number of nitrogens with zero attached hydrogens (tertiary/aromatic N) is 1. The Morgan fingerprint density at radius 1 is 0.840 bits per heavy atom. The molecule has 0 atom stereocenters. The number of rotatable bonds is 4. The number of aromatic nitrogens is 1. The molecule has 1 aromatic rings. The van der Waals surface area contributed by atoms with E-state index < -0.39 is 0 Å². The van der Waals surface area contributed by atoms with Crippen molar-refractivity contribution in [3.8, 4) is 0 Å². The van der Waals surface area contributed by atoms with Crippen molar-refractivity contribution < 1.29 is 37.0 Å². The summed E-state index contributed by atoms with van der Waals surface area (Å²) in [6.45, 7) is 19.3. The van der Waals surface area contributed by atoms with Crippen LogP contribution >= 0.6 is 0 Å². The summed E-state index contributed by atoms with van der Waals surface area (Å²) in [5.41, 5.74) is 2.90. The summed E-state index contributed by atoms with van der Waals surface area (Å²) < 4.78 is 0. The third-order valence-corrected chi connectivity index (χ3v) is 3.79. The average Bonchev–Trinajstić information content (AvgIpc) is 3.01. The summed E-state index contributed by atoms with van der Waals surface area (Å²) in [6.07, 6.45) is 2.27. The molecule has 0 radical (unpaired) electrons. The zero-order chi connectivity index (χ0) is 19.8. The molecule has 0 spiro atoms. The van der Waals surface area contributed by atoms with Crippen LogP contribution in [0.15, 0.2) is 12.1 Å². The van der Waals surface area contributed by atoms with E-state index in [0.29, 0.717) is 0 Å². The molecule has 4 nitrogen and oxygen atoms in total. The molecule has 3 N–H and O–H groups in total. The molecule has 0 saturated carbocycles. The Labute approximate surface area is 171 Å². The van der Waals surface area contributed by atoms with Gasteiger partial charge in [0.15, 0.2) is 0 Å². The topological polar surface area (TPSA) is 73.6 Å². The Morgan fingerprint density at radius 2 is 1.20 bits per heavy atom. The maximum Gasteiger partial charge on any atom is 0.0402 e. The second kappa shape index (κ2) is 18.7. The summed E-state index contributed by atoms with van der Waals surface area (Å²) in [4.78, 5) is 4.80. The normalized spacial score (nSPS) is 10.1. The first-order chi connectivity index (χ1) is 11.1. The number of hydrogen-bond donors (Lipinski definition) is 3. The van der Waals surface area contributed by atoms with Crippen LogP contribution in [0.1, 0.15) is 86.5 Å². The van der Waals surface area contributed by atoms with Crippen LogP contribution in [0.3, 0.4) is 0 Å². The molecule has 0 saturated heterocycles. The van der Waals surface area contributed by atoms with Gasteiger partial charge in [0, 0.05) is 41.5 Å². The first-order valence-corrected chi connectivity index (χ1v) is 9.05. The summed E-state index contributed by atoms with van der Waals surface area (Å²) in [5, 5.41) is 22.7. The molecule has 0 bridgehead atoms. The van der Waals surface area contributed by atoms with Crippen molar-refractivity contribution in [1.29, 1.82) is 0 Å². The smallest absolute Gasteiger partial charge is 0.0402 e. The fourth-order valence-electron chi connectivity index (χ4n) is 1.48. The Bertz CT molecular complexity index is 342. The van der Waals surface area contributed by atoms with Gasteiger partial charge in [-0.2, -0.15) is 12.1 Å². The van der Waals surface area contributed by atoms with Gasteiger partial charge in [0.05, 0.1) is 0 Å². The second-order valence-corrected chi connectivity index (χ2v) is 6.64. The second-order valence-electron chi connectivity index (χ2n) is 6.64. The third-order valence-electron chi connectivity index (χ3n) is 3.79. The van der Waals surface area contributed by atoms with Gasteiger partial charge in [-0.25, -0.2) is 0 Å². The van der Waals surface area contributed by atoms with Gasteiger partial charge in [0.2, 0.25) is 0 Å². The molecule has 1 aromatic heterocycles. The Morgan fingerprint density at radius 3 is 1.48 bits per heavy atom. The zero-order valence-corrected chi connectivity index (χ0v) is 19.5. The van der Waals surface area contributed by atoms with Crippen molar-refractivity contribution in [3.05, 3.63) is 23.5 Å². The molecular formula is C20H42NO3Ti-. The minimum atomic E-state index is 0. The van der Waals surface area contributed by atoms with E-state index in [1.165, 1.54) is 11.4 Å². The first-order valence-electron chi connectivity index (χ1n) is 9.05. The quantitative estimate of drug-likeness (QED) is 0.531. The van der Waals surface area contributed by atoms with E-state index in [-0.39, 0.29) is 52.4 Å². The van der Waals surface area contributed by atoms with Crippen LogP contribution in [0.5, 0.6) is 0 Å². The Hall–Kier alpha value is -0.126. The minimum Gasteiger partial charge on any atom is -0.397 e.